The predicted molar refractivity (Wildman–Crippen MR) is 92.7 cm³/mol. The van der Waals surface area contributed by atoms with Gasteiger partial charge in [0.1, 0.15) is 5.75 Å². The van der Waals surface area contributed by atoms with Crippen LogP contribution in [-0.4, -0.2) is 33.9 Å². The number of phenols is 1. The van der Waals surface area contributed by atoms with Gasteiger partial charge in [-0.15, -0.1) is 23.2 Å². The van der Waals surface area contributed by atoms with Crippen molar-refractivity contribution >= 4 is 23.2 Å². The van der Waals surface area contributed by atoms with Crippen molar-refractivity contribution in [3.8, 4) is 5.75 Å². The molecule has 21 heavy (non-hydrogen) atoms. The van der Waals surface area contributed by atoms with Gasteiger partial charge in [0.25, 0.3) is 0 Å². The maximum Gasteiger partial charge on any atom is 0.120 e. The molecule has 0 amide bonds. The second-order valence-electron chi connectivity index (χ2n) is 6.85. The monoisotopic (exact) mass is 331 g/mol. The van der Waals surface area contributed by atoms with Crippen LogP contribution in [-0.2, 0) is 12.0 Å². The zero-order chi connectivity index (χ0) is 16.2. The van der Waals surface area contributed by atoms with Crippen molar-refractivity contribution in [2.24, 2.45) is 0 Å². The highest BCUT2D eigenvalue weighted by atomic mass is 35.5. The highest BCUT2D eigenvalue weighted by Gasteiger charge is 2.18. The minimum atomic E-state index is 0.0494. The van der Waals surface area contributed by atoms with Gasteiger partial charge in [-0.05, 0) is 30.9 Å². The molecule has 0 unspecified atom stereocenters. The fraction of sp³-hybridized carbons (Fsp3) is 0.647. The van der Waals surface area contributed by atoms with Crippen molar-refractivity contribution in [3.63, 3.8) is 0 Å². The van der Waals surface area contributed by atoms with E-state index in [0.717, 1.165) is 18.7 Å². The molecule has 0 aliphatic heterocycles. The molecule has 0 radical (unpaired) electrons. The molecule has 0 saturated carbocycles. The van der Waals surface area contributed by atoms with Gasteiger partial charge in [-0.2, -0.15) is 0 Å². The van der Waals surface area contributed by atoms with Crippen LogP contribution in [0.25, 0.3) is 0 Å². The predicted octanol–water partition coefficient (Wildman–Crippen LogP) is 4.75. The number of aromatic hydroxyl groups is 1. The summed E-state index contributed by atoms with van der Waals surface area (Å²) < 4.78 is 0. The molecule has 0 aromatic heterocycles. The number of hydrogen-bond acceptors (Lipinski definition) is 2. The van der Waals surface area contributed by atoms with E-state index in [2.05, 4.69) is 31.7 Å². The van der Waals surface area contributed by atoms with Crippen molar-refractivity contribution in [1.82, 2.24) is 4.90 Å². The molecule has 1 N–H and O–H groups in total. The lowest BCUT2D eigenvalue weighted by Crippen LogP contribution is -2.33. The van der Waals surface area contributed by atoms with E-state index in [1.54, 1.807) is 6.07 Å². The first kappa shape index (κ1) is 18.6. The van der Waals surface area contributed by atoms with E-state index in [-0.39, 0.29) is 16.2 Å². The van der Waals surface area contributed by atoms with E-state index in [1.807, 2.05) is 19.9 Å². The highest BCUT2D eigenvalue weighted by molar-refractivity contribution is 6.21. The van der Waals surface area contributed by atoms with Crippen molar-refractivity contribution < 1.29 is 5.11 Å². The van der Waals surface area contributed by atoms with E-state index in [1.165, 1.54) is 5.56 Å². The number of benzene rings is 1. The zero-order valence-corrected chi connectivity index (χ0v) is 15.2. The number of alkyl halides is 2. The zero-order valence-electron chi connectivity index (χ0n) is 13.7. The van der Waals surface area contributed by atoms with E-state index in [9.17, 15) is 5.11 Å². The molecule has 0 aliphatic rings. The molecule has 0 bridgehead atoms. The van der Waals surface area contributed by atoms with Gasteiger partial charge in [-0.3, -0.25) is 4.90 Å². The van der Waals surface area contributed by atoms with Crippen LogP contribution in [0.1, 0.15) is 45.7 Å². The molecule has 1 rings (SSSR count). The SMILES string of the molecule is C[C@H](Cl)CN(Cc1cc(C(C)(C)C)ccc1O)C[C@@H](C)Cl. The standard InChI is InChI=1S/C17H27Cl2NO/c1-12(18)9-20(10-13(2)19)11-14-8-15(17(3,4)5)6-7-16(14)21/h6-8,12-13,21H,9-11H2,1-5H3/t12-,13+. The largest absolute Gasteiger partial charge is 0.508 e. The summed E-state index contributed by atoms with van der Waals surface area (Å²) in [5, 5.41) is 10.2. The van der Waals surface area contributed by atoms with Gasteiger partial charge >= 0.3 is 0 Å². The Balaban J connectivity index is 2.96. The molecular weight excluding hydrogens is 305 g/mol. The fourth-order valence-corrected chi connectivity index (χ4v) is 2.73. The normalized spacial score (nSPS) is 15.2. The summed E-state index contributed by atoms with van der Waals surface area (Å²) in [6.45, 7) is 12.6. The molecule has 1 aromatic rings. The number of nitrogens with zero attached hydrogens (tertiary/aromatic N) is 1. The smallest absolute Gasteiger partial charge is 0.120 e. The summed E-state index contributed by atoms with van der Waals surface area (Å²) in [5.41, 5.74) is 2.21. The molecule has 0 heterocycles. The van der Waals surface area contributed by atoms with Crippen LogP contribution in [0.5, 0.6) is 5.75 Å². The lowest BCUT2D eigenvalue weighted by atomic mass is 9.86. The van der Waals surface area contributed by atoms with Gasteiger partial charge in [-0.25, -0.2) is 0 Å². The highest BCUT2D eigenvalue weighted by Crippen LogP contribution is 2.28. The summed E-state index contributed by atoms with van der Waals surface area (Å²) >= 11 is 12.2. The van der Waals surface area contributed by atoms with E-state index in [0.29, 0.717) is 12.3 Å². The van der Waals surface area contributed by atoms with Gasteiger partial charge in [-0.1, -0.05) is 32.9 Å². The molecule has 0 saturated heterocycles. The lowest BCUT2D eigenvalue weighted by molar-refractivity contribution is 0.266. The Hall–Kier alpha value is -0.440. The third kappa shape index (κ3) is 6.46. The summed E-state index contributed by atoms with van der Waals surface area (Å²) in [4.78, 5) is 2.19. The van der Waals surface area contributed by atoms with Crippen molar-refractivity contribution in [3.05, 3.63) is 29.3 Å². The summed E-state index contributed by atoms with van der Waals surface area (Å²) in [6.07, 6.45) is 0. The van der Waals surface area contributed by atoms with E-state index < -0.39 is 0 Å². The molecule has 120 valence electrons. The number of hydrogen-bond donors (Lipinski definition) is 1. The molecule has 2 nitrogen and oxygen atoms in total. The molecule has 4 heteroatoms. The topological polar surface area (TPSA) is 23.5 Å². The molecule has 0 fully saturated rings. The van der Waals surface area contributed by atoms with Gasteiger partial charge in [0, 0.05) is 36.0 Å². The van der Waals surface area contributed by atoms with Gasteiger partial charge in [0.2, 0.25) is 0 Å². The van der Waals surface area contributed by atoms with Crippen molar-refractivity contribution in [2.45, 2.75) is 57.3 Å². The van der Waals surface area contributed by atoms with Crippen molar-refractivity contribution in [2.75, 3.05) is 13.1 Å². The van der Waals surface area contributed by atoms with E-state index >= 15 is 0 Å². The van der Waals surface area contributed by atoms with Crippen LogP contribution in [0.4, 0.5) is 0 Å². The molecule has 2 atom stereocenters. The first-order chi connectivity index (χ1) is 9.59. The Morgan fingerprint density at radius 1 is 1.10 bits per heavy atom. The quantitative estimate of drug-likeness (QED) is 0.760. The third-order valence-electron chi connectivity index (χ3n) is 3.36. The molecular formula is C17H27Cl2NO. The van der Waals surface area contributed by atoms with Crippen molar-refractivity contribution in [1.29, 1.82) is 0 Å². The first-order valence-electron chi connectivity index (χ1n) is 7.42. The third-order valence-corrected chi connectivity index (χ3v) is 3.64. The summed E-state index contributed by atoms with van der Waals surface area (Å²) in [6, 6.07) is 5.85. The molecule has 0 spiro atoms. The van der Waals surface area contributed by atoms with Crippen LogP contribution in [0.2, 0.25) is 0 Å². The van der Waals surface area contributed by atoms with Crippen LogP contribution >= 0.6 is 23.2 Å². The molecule has 1 aromatic carbocycles. The minimum Gasteiger partial charge on any atom is -0.508 e. The lowest BCUT2D eigenvalue weighted by Gasteiger charge is -2.26. The Kier molecular flexibility index (Phi) is 6.83. The van der Waals surface area contributed by atoms with Gasteiger partial charge in [0.05, 0.1) is 0 Å². The van der Waals surface area contributed by atoms with Crippen LogP contribution in [0.3, 0.4) is 0 Å². The van der Waals surface area contributed by atoms with E-state index in [4.69, 9.17) is 23.2 Å². The summed E-state index contributed by atoms with van der Waals surface area (Å²) in [7, 11) is 0. The number of halogens is 2. The first-order valence-corrected chi connectivity index (χ1v) is 8.29. The Morgan fingerprint density at radius 3 is 2.05 bits per heavy atom. The average Bonchev–Trinajstić information content (AvgIpc) is 2.28. The number of phenolic OH excluding ortho intramolecular Hbond substituents is 1. The van der Waals surface area contributed by atoms with Crippen LogP contribution in [0.15, 0.2) is 18.2 Å². The second kappa shape index (κ2) is 7.71. The van der Waals surface area contributed by atoms with Gasteiger partial charge in [0.15, 0.2) is 0 Å². The Bertz CT molecular complexity index is 443. The second-order valence-corrected chi connectivity index (χ2v) is 8.34. The fourth-order valence-electron chi connectivity index (χ4n) is 2.33. The molecule has 0 aliphatic carbocycles. The van der Waals surface area contributed by atoms with Crippen LogP contribution in [0, 0.1) is 0 Å². The number of rotatable bonds is 6. The average molecular weight is 332 g/mol. The maximum absolute atomic E-state index is 10.1. The summed E-state index contributed by atoms with van der Waals surface area (Å²) in [5.74, 6) is 0.331. The van der Waals surface area contributed by atoms with Gasteiger partial charge < -0.3 is 5.11 Å². The Labute approximate surface area is 139 Å². The minimum absolute atomic E-state index is 0.0494. The Morgan fingerprint density at radius 2 is 1.62 bits per heavy atom. The maximum atomic E-state index is 10.1. The van der Waals surface area contributed by atoms with Crippen LogP contribution < -0.4 is 0 Å².